The van der Waals surface area contributed by atoms with Crippen LogP contribution in [0.5, 0.6) is 0 Å². The average Bonchev–Trinajstić information content (AvgIpc) is 2.46. The van der Waals surface area contributed by atoms with E-state index in [1.165, 1.54) is 12.8 Å². The number of hydrogen-bond donors (Lipinski definition) is 2. The van der Waals surface area contributed by atoms with E-state index in [0.717, 1.165) is 12.1 Å². The van der Waals surface area contributed by atoms with E-state index in [-0.39, 0.29) is 5.41 Å². The van der Waals surface area contributed by atoms with E-state index in [4.69, 9.17) is 5.73 Å². The number of rotatable bonds is 1. The maximum absolute atomic E-state index is 10.6. The number of urea groups is 1. The zero-order valence-electron chi connectivity index (χ0n) is 9.63. The molecule has 0 radical (unpaired) electrons. The van der Waals surface area contributed by atoms with Gasteiger partial charge in [-0.1, -0.05) is 20.8 Å². The SMILES string of the molecule is CC1(C)[C@H]2CC[C@]1(C)/C(=N/NC(N)=O)C2. The molecule has 0 aromatic heterocycles. The minimum atomic E-state index is -0.577. The minimum Gasteiger partial charge on any atom is -0.350 e. The Morgan fingerprint density at radius 3 is 2.60 bits per heavy atom. The number of carbonyl (C=O) groups is 1. The second kappa shape index (κ2) is 2.97. The van der Waals surface area contributed by atoms with Crippen LogP contribution in [0.4, 0.5) is 4.79 Å². The third kappa shape index (κ3) is 1.27. The molecule has 2 saturated carbocycles. The van der Waals surface area contributed by atoms with Crippen molar-refractivity contribution < 1.29 is 4.79 Å². The summed E-state index contributed by atoms with van der Waals surface area (Å²) in [6.45, 7) is 6.86. The lowest BCUT2D eigenvalue weighted by Gasteiger charge is -2.34. The van der Waals surface area contributed by atoms with Crippen LogP contribution in [0, 0.1) is 16.7 Å². The van der Waals surface area contributed by atoms with Gasteiger partial charge in [-0.3, -0.25) is 0 Å². The van der Waals surface area contributed by atoms with Crippen LogP contribution in [0.2, 0.25) is 0 Å². The van der Waals surface area contributed by atoms with Gasteiger partial charge in [0.05, 0.1) is 0 Å². The van der Waals surface area contributed by atoms with E-state index in [9.17, 15) is 4.79 Å². The molecule has 0 spiro atoms. The summed E-state index contributed by atoms with van der Waals surface area (Å²) in [4.78, 5) is 10.6. The summed E-state index contributed by atoms with van der Waals surface area (Å²) in [6, 6.07) is -0.577. The van der Waals surface area contributed by atoms with E-state index in [1.807, 2.05) is 0 Å². The van der Waals surface area contributed by atoms with Crippen molar-refractivity contribution in [1.82, 2.24) is 5.43 Å². The molecule has 2 rings (SSSR count). The predicted molar refractivity (Wildman–Crippen MR) is 59.4 cm³/mol. The highest BCUT2D eigenvalue weighted by atomic mass is 16.2. The second-order valence-corrected chi connectivity index (χ2v) is 5.53. The van der Waals surface area contributed by atoms with Crippen molar-refractivity contribution in [2.75, 3.05) is 0 Å². The zero-order valence-corrected chi connectivity index (χ0v) is 9.63. The van der Waals surface area contributed by atoms with Gasteiger partial charge in [0, 0.05) is 11.1 Å². The van der Waals surface area contributed by atoms with Gasteiger partial charge in [0.2, 0.25) is 0 Å². The van der Waals surface area contributed by atoms with Crippen LogP contribution in [0.3, 0.4) is 0 Å². The normalized spacial score (nSPS) is 39.7. The topological polar surface area (TPSA) is 67.5 Å². The van der Waals surface area contributed by atoms with Crippen molar-refractivity contribution in [2.24, 2.45) is 27.6 Å². The van der Waals surface area contributed by atoms with Crippen LogP contribution in [-0.2, 0) is 0 Å². The number of amides is 2. The number of fused-ring (bicyclic) bond motifs is 2. The summed E-state index contributed by atoms with van der Waals surface area (Å²) in [5.41, 5.74) is 8.93. The summed E-state index contributed by atoms with van der Waals surface area (Å²) in [7, 11) is 0. The quantitative estimate of drug-likeness (QED) is 0.636. The standard InChI is InChI=1S/C11H19N3O/c1-10(2)7-4-5-11(10,3)8(6-7)13-14-9(12)15/h7H,4-6H2,1-3H3,(H3,12,14,15)/b13-8+/t7-,11+/m0/s1. The molecule has 0 saturated heterocycles. The number of nitrogens with one attached hydrogen (secondary N) is 1. The van der Waals surface area contributed by atoms with Crippen LogP contribution in [-0.4, -0.2) is 11.7 Å². The molecule has 4 heteroatoms. The van der Waals surface area contributed by atoms with Gasteiger partial charge in [0.15, 0.2) is 0 Å². The van der Waals surface area contributed by atoms with Gasteiger partial charge >= 0.3 is 6.03 Å². The van der Waals surface area contributed by atoms with Gasteiger partial charge in [-0.2, -0.15) is 5.10 Å². The highest BCUT2D eigenvalue weighted by molar-refractivity contribution is 5.94. The van der Waals surface area contributed by atoms with E-state index < -0.39 is 6.03 Å². The fraction of sp³-hybridized carbons (Fsp3) is 0.818. The molecule has 2 amide bonds. The Hall–Kier alpha value is -1.06. The Labute approximate surface area is 90.3 Å². The second-order valence-electron chi connectivity index (χ2n) is 5.53. The van der Waals surface area contributed by atoms with Crippen molar-refractivity contribution in [3.63, 3.8) is 0 Å². The summed E-state index contributed by atoms with van der Waals surface area (Å²) in [5.74, 6) is 0.705. The van der Waals surface area contributed by atoms with Gasteiger partial charge in [0.1, 0.15) is 0 Å². The maximum Gasteiger partial charge on any atom is 0.332 e. The summed E-state index contributed by atoms with van der Waals surface area (Å²) >= 11 is 0. The van der Waals surface area contributed by atoms with E-state index in [2.05, 4.69) is 31.3 Å². The molecule has 0 aromatic rings. The lowest BCUT2D eigenvalue weighted by Crippen LogP contribution is -2.35. The largest absolute Gasteiger partial charge is 0.350 e. The molecule has 84 valence electrons. The molecule has 2 fully saturated rings. The average molecular weight is 209 g/mol. The first-order chi connectivity index (χ1) is 6.88. The summed E-state index contributed by atoms with van der Waals surface area (Å²) < 4.78 is 0. The van der Waals surface area contributed by atoms with E-state index in [1.54, 1.807) is 0 Å². The van der Waals surface area contributed by atoms with E-state index in [0.29, 0.717) is 11.3 Å². The van der Waals surface area contributed by atoms with E-state index >= 15 is 0 Å². The fourth-order valence-electron chi connectivity index (χ4n) is 3.22. The Morgan fingerprint density at radius 2 is 2.20 bits per heavy atom. The minimum absolute atomic E-state index is 0.139. The van der Waals surface area contributed by atoms with Crippen LogP contribution in [0.15, 0.2) is 5.10 Å². The smallest absolute Gasteiger partial charge is 0.332 e. The Morgan fingerprint density at radius 1 is 1.53 bits per heavy atom. The molecule has 15 heavy (non-hydrogen) atoms. The molecule has 2 aliphatic rings. The van der Waals surface area contributed by atoms with Crippen molar-refractivity contribution in [1.29, 1.82) is 0 Å². The number of hydrogen-bond acceptors (Lipinski definition) is 2. The number of primary amides is 1. The molecular weight excluding hydrogens is 190 g/mol. The number of hydrazone groups is 1. The van der Waals surface area contributed by atoms with Crippen molar-refractivity contribution >= 4 is 11.7 Å². The van der Waals surface area contributed by atoms with Crippen LogP contribution < -0.4 is 11.2 Å². The molecular formula is C11H19N3O. The van der Waals surface area contributed by atoms with Gasteiger partial charge in [-0.25, -0.2) is 10.2 Å². The van der Waals surface area contributed by atoms with Gasteiger partial charge in [-0.05, 0) is 30.6 Å². The first-order valence-electron chi connectivity index (χ1n) is 5.50. The molecule has 0 aromatic carbocycles. The lowest BCUT2D eigenvalue weighted by molar-refractivity contribution is 0.193. The molecule has 0 unspecified atom stereocenters. The lowest BCUT2D eigenvalue weighted by atomic mass is 9.70. The zero-order chi connectivity index (χ0) is 11.3. The third-order valence-electron chi connectivity index (χ3n) is 4.81. The Kier molecular flexibility index (Phi) is 2.07. The monoisotopic (exact) mass is 209 g/mol. The number of nitrogens with zero attached hydrogens (tertiary/aromatic N) is 1. The first-order valence-corrected chi connectivity index (χ1v) is 5.50. The van der Waals surface area contributed by atoms with Crippen molar-refractivity contribution in [3.8, 4) is 0 Å². The van der Waals surface area contributed by atoms with Crippen molar-refractivity contribution in [3.05, 3.63) is 0 Å². The van der Waals surface area contributed by atoms with Gasteiger partial charge in [-0.15, -0.1) is 0 Å². The maximum atomic E-state index is 10.6. The van der Waals surface area contributed by atoms with Gasteiger partial charge in [0.25, 0.3) is 0 Å². The summed E-state index contributed by atoms with van der Waals surface area (Å²) in [5, 5.41) is 4.16. The first kappa shape index (κ1) is 10.5. The Balaban J connectivity index is 2.26. The van der Waals surface area contributed by atoms with Crippen LogP contribution in [0.25, 0.3) is 0 Å². The van der Waals surface area contributed by atoms with Gasteiger partial charge < -0.3 is 5.73 Å². The third-order valence-corrected chi connectivity index (χ3v) is 4.81. The predicted octanol–water partition coefficient (Wildman–Crippen LogP) is 1.86. The van der Waals surface area contributed by atoms with Crippen LogP contribution in [0.1, 0.15) is 40.0 Å². The fourth-order valence-corrected chi connectivity index (χ4v) is 3.22. The molecule has 2 aliphatic carbocycles. The Bertz CT molecular complexity index is 335. The number of carbonyl (C=O) groups excluding carboxylic acids is 1. The summed E-state index contributed by atoms with van der Waals surface area (Å²) in [6.07, 6.45) is 3.45. The van der Waals surface area contributed by atoms with Crippen molar-refractivity contribution in [2.45, 2.75) is 40.0 Å². The molecule has 2 bridgehead atoms. The molecule has 3 N–H and O–H groups in total. The highest BCUT2D eigenvalue weighted by Gasteiger charge is 2.59. The molecule has 4 nitrogen and oxygen atoms in total. The highest BCUT2D eigenvalue weighted by Crippen LogP contribution is 2.63. The molecule has 0 heterocycles. The number of nitrogens with two attached hydrogens (primary N) is 1. The van der Waals surface area contributed by atoms with Crippen LogP contribution >= 0.6 is 0 Å². The molecule has 2 atom stereocenters. The molecule has 0 aliphatic heterocycles.